The highest BCUT2D eigenvalue weighted by atomic mass is 19.4. The second-order valence-corrected chi connectivity index (χ2v) is 7.35. The number of benzene rings is 2. The van der Waals surface area contributed by atoms with E-state index >= 15 is 0 Å². The Kier molecular flexibility index (Phi) is 5.97. The first kappa shape index (κ1) is 21.6. The van der Waals surface area contributed by atoms with Gasteiger partial charge in [0.25, 0.3) is 0 Å². The van der Waals surface area contributed by atoms with Crippen LogP contribution >= 0.6 is 0 Å². The normalized spacial score (nSPS) is 20.0. The Balaban J connectivity index is 1.86. The van der Waals surface area contributed by atoms with Crippen molar-refractivity contribution in [1.29, 1.82) is 0 Å². The fourth-order valence-corrected chi connectivity index (χ4v) is 3.81. The Bertz CT molecular complexity index is 1030. The number of rotatable bonds is 4. The minimum absolute atomic E-state index is 0.000993. The molecule has 0 aliphatic heterocycles. The molecule has 2 aromatic carbocycles. The summed E-state index contributed by atoms with van der Waals surface area (Å²) in [6.07, 6.45) is -1.68. The molecule has 3 nitrogen and oxygen atoms in total. The maximum atomic E-state index is 12.9. The maximum absolute atomic E-state index is 12.9. The lowest BCUT2D eigenvalue weighted by atomic mass is 9.94. The highest BCUT2D eigenvalue weighted by Crippen LogP contribution is 2.39. The fraction of sp³-hybridized carbons (Fsp3) is 0.250. The first-order valence-corrected chi connectivity index (χ1v) is 9.52. The molecule has 0 amide bonds. The summed E-state index contributed by atoms with van der Waals surface area (Å²) in [7, 11) is 0. The van der Waals surface area contributed by atoms with Gasteiger partial charge in [-0.2, -0.15) is 13.2 Å². The van der Waals surface area contributed by atoms with E-state index in [9.17, 15) is 22.8 Å². The molecule has 1 saturated carbocycles. The lowest BCUT2D eigenvalue weighted by Gasteiger charge is -2.11. The van der Waals surface area contributed by atoms with Crippen LogP contribution in [0.2, 0.25) is 0 Å². The molecule has 0 aromatic heterocycles. The molecule has 6 heteroatoms. The summed E-state index contributed by atoms with van der Waals surface area (Å²) in [6, 6.07) is 11.4. The van der Waals surface area contributed by atoms with Crippen molar-refractivity contribution in [2.75, 3.05) is 0 Å². The molecule has 1 fully saturated rings. The molecule has 1 unspecified atom stereocenters. The Morgan fingerprint density at radius 3 is 2.13 bits per heavy atom. The average Bonchev–Trinajstić information content (AvgIpc) is 3.02. The SMILES string of the molecule is CC=C1C(=O)C(Cc2ccc(C(=O)O)cc2)CC1=C(C)c1ccc(C(F)(F)F)cc1. The van der Waals surface area contributed by atoms with Crippen molar-refractivity contribution < 1.29 is 27.9 Å². The van der Waals surface area contributed by atoms with E-state index in [1.165, 1.54) is 24.3 Å². The second kappa shape index (κ2) is 8.30. The smallest absolute Gasteiger partial charge is 0.416 e. The molecule has 3 rings (SSSR count). The molecule has 156 valence electrons. The number of carboxylic acid groups (broad SMARTS) is 1. The first-order valence-electron chi connectivity index (χ1n) is 9.52. The zero-order chi connectivity index (χ0) is 22.1. The number of Topliss-reactive ketones (excluding diaryl/α,β-unsaturated/α-hetero) is 1. The van der Waals surface area contributed by atoms with Crippen LogP contribution < -0.4 is 0 Å². The van der Waals surface area contributed by atoms with Crippen LogP contribution in [0.25, 0.3) is 5.57 Å². The van der Waals surface area contributed by atoms with Crippen LogP contribution in [0.15, 0.2) is 65.8 Å². The van der Waals surface area contributed by atoms with Gasteiger partial charge >= 0.3 is 12.1 Å². The van der Waals surface area contributed by atoms with Gasteiger partial charge in [0.1, 0.15) is 0 Å². The summed E-state index contributed by atoms with van der Waals surface area (Å²) in [5.41, 5.74) is 3.21. The molecule has 0 spiro atoms. The summed E-state index contributed by atoms with van der Waals surface area (Å²) >= 11 is 0. The number of alkyl halides is 3. The van der Waals surface area contributed by atoms with Gasteiger partial charge in [0.15, 0.2) is 5.78 Å². The van der Waals surface area contributed by atoms with E-state index < -0.39 is 17.7 Å². The summed E-state index contributed by atoms with van der Waals surface area (Å²) in [4.78, 5) is 23.9. The van der Waals surface area contributed by atoms with Gasteiger partial charge in [-0.25, -0.2) is 4.79 Å². The Hall–Kier alpha value is -3.15. The van der Waals surface area contributed by atoms with Crippen LogP contribution in [0, 0.1) is 5.92 Å². The number of aromatic carboxylic acids is 1. The predicted molar refractivity (Wildman–Crippen MR) is 108 cm³/mol. The molecule has 1 atom stereocenters. The standard InChI is InChI=1S/C24H21F3O3/c1-3-20-21(14(2)16-8-10-19(11-9-16)24(25,26)27)13-18(22(20)28)12-15-4-6-17(7-5-15)23(29)30/h3-11,18H,12-13H2,1-2H3,(H,29,30). The van der Waals surface area contributed by atoms with Crippen LogP contribution in [0.4, 0.5) is 13.2 Å². The quantitative estimate of drug-likeness (QED) is 0.629. The zero-order valence-electron chi connectivity index (χ0n) is 16.6. The van der Waals surface area contributed by atoms with E-state index in [-0.39, 0.29) is 17.3 Å². The molecule has 1 aliphatic carbocycles. The van der Waals surface area contributed by atoms with E-state index in [1.54, 1.807) is 25.1 Å². The van der Waals surface area contributed by atoms with Crippen molar-refractivity contribution >= 4 is 17.3 Å². The summed E-state index contributed by atoms with van der Waals surface area (Å²) in [5.74, 6) is -1.29. The molecule has 0 bridgehead atoms. The molecule has 0 radical (unpaired) electrons. The van der Waals surface area contributed by atoms with Crippen molar-refractivity contribution in [3.8, 4) is 0 Å². The van der Waals surface area contributed by atoms with E-state index in [0.29, 0.717) is 24.0 Å². The average molecular weight is 414 g/mol. The van der Waals surface area contributed by atoms with E-state index in [2.05, 4.69) is 0 Å². The largest absolute Gasteiger partial charge is 0.478 e. The Morgan fingerprint density at radius 2 is 1.63 bits per heavy atom. The number of allylic oxidation sites excluding steroid dienone is 4. The van der Waals surface area contributed by atoms with Gasteiger partial charge in [0.05, 0.1) is 11.1 Å². The highest BCUT2D eigenvalue weighted by molar-refractivity contribution is 6.07. The number of hydrogen-bond acceptors (Lipinski definition) is 2. The van der Waals surface area contributed by atoms with Crippen LogP contribution in [-0.2, 0) is 17.4 Å². The molecule has 0 saturated heterocycles. The molecule has 30 heavy (non-hydrogen) atoms. The van der Waals surface area contributed by atoms with E-state index in [0.717, 1.165) is 28.8 Å². The minimum Gasteiger partial charge on any atom is -0.478 e. The minimum atomic E-state index is -4.39. The second-order valence-electron chi connectivity index (χ2n) is 7.35. The lowest BCUT2D eigenvalue weighted by Crippen LogP contribution is -2.11. The number of hydrogen-bond donors (Lipinski definition) is 1. The van der Waals surface area contributed by atoms with Crippen molar-refractivity contribution in [1.82, 2.24) is 0 Å². The predicted octanol–water partition coefficient (Wildman–Crippen LogP) is 5.96. The van der Waals surface area contributed by atoms with Crippen LogP contribution in [0.5, 0.6) is 0 Å². The van der Waals surface area contributed by atoms with Crippen LogP contribution in [0.3, 0.4) is 0 Å². The van der Waals surface area contributed by atoms with E-state index in [1.807, 2.05) is 6.92 Å². The van der Waals surface area contributed by atoms with Crippen molar-refractivity contribution in [2.24, 2.45) is 5.92 Å². The van der Waals surface area contributed by atoms with Gasteiger partial charge < -0.3 is 5.11 Å². The lowest BCUT2D eigenvalue weighted by molar-refractivity contribution is -0.137. The van der Waals surface area contributed by atoms with Gasteiger partial charge in [-0.1, -0.05) is 30.3 Å². The summed E-state index contributed by atoms with van der Waals surface area (Å²) in [5, 5.41) is 9.00. The number of halogens is 3. The van der Waals surface area contributed by atoms with Crippen molar-refractivity contribution in [2.45, 2.75) is 32.9 Å². The van der Waals surface area contributed by atoms with Gasteiger partial charge in [0, 0.05) is 11.5 Å². The van der Waals surface area contributed by atoms with Crippen molar-refractivity contribution in [3.05, 3.63) is 88.0 Å². The molecule has 0 heterocycles. The number of carbonyl (C=O) groups excluding carboxylic acids is 1. The first-order chi connectivity index (χ1) is 14.1. The summed E-state index contributed by atoms with van der Waals surface area (Å²) < 4.78 is 38.5. The topological polar surface area (TPSA) is 54.4 Å². The molecular weight excluding hydrogens is 393 g/mol. The number of carbonyl (C=O) groups is 2. The molecule has 2 aromatic rings. The van der Waals surface area contributed by atoms with Crippen LogP contribution in [-0.4, -0.2) is 16.9 Å². The molecule has 1 aliphatic rings. The van der Waals surface area contributed by atoms with Gasteiger partial charge in [-0.3, -0.25) is 4.79 Å². The third kappa shape index (κ3) is 4.37. The number of carboxylic acids is 1. The van der Waals surface area contributed by atoms with E-state index in [4.69, 9.17) is 5.11 Å². The third-order valence-electron chi connectivity index (χ3n) is 5.48. The van der Waals surface area contributed by atoms with Gasteiger partial charge in [0.2, 0.25) is 0 Å². The maximum Gasteiger partial charge on any atom is 0.416 e. The Labute approximate surface area is 172 Å². The van der Waals surface area contributed by atoms with Crippen molar-refractivity contribution in [3.63, 3.8) is 0 Å². The van der Waals surface area contributed by atoms with Gasteiger partial charge in [-0.05, 0) is 73.2 Å². The molecular formula is C24H21F3O3. The fourth-order valence-electron chi connectivity index (χ4n) is 3.81. The monoisotopic (exact) mass is 414 g/mol. The third-order valence-corrected chi connectivity index (χ3v) is 5.48. The number of ketones is 1. The summed E-state index contributed by atoms with van der Waals surface area (Å²) in [6.45, 7) is 3.59. The van der Waals surface area contributed by atoms with Gasteiger partial charge in [-0.15, -0.1) is 0 Å². The Morgan fingerprint density at radius 1 is 1.07 bits per heavy atom. The molecule has 1 N–H and O–H groups in total. The zero-order valence-corrected chi connectivity index (χ0v) is 16.6. The van der Waals surface area contributed by atoms with Crippen LogP contribution in [0.1, 0.15) is 47.3 Å². The highest BCUT2D eigenvalue weighted by Gasteiger charge is 2.34.